The van der Waals surface area contributed by atoms with Gasteiger partial charge in [-0.3, -0.25) is 0 Å². The van der Waals surface area contributed by atoms with Gasteiger partial charge >= 0.3 is 0 Å². The summed E-state index contributed by atoms with van der Waals surface area (Å²) in [5.41, 5.74) is 0. The van der Waals surface area contributed by atoms with E-state index in [1.807, 2.05) is 74.6 Å². The van der Waals surface area contributed by atoms with Gasteiger partial charge in [0.25, 0.3) is 0 Å². The van der Waals surface area contributed by atoms with Gasteiger partial charge < -0.3 is 0 Å². The zero-order chi connectivity index (χ0) is 17.5. The molecule has 122 valence electrons. The van der Waals surface area contributed by atoms with E-state index in [1.165, 1.54) is 0 Å². The maximum Gasteiger partial charge on any atom is -0.0142 e. The predicted molar refractivity (Wildman–Crippen MR) is 105 cm³/mol. The van der Waals surface area contributed by atoms with E-state index in [9.17, 15) is 0 Å². The largest absolute Gasteiger partial charge is 0.138 e. The van der Waals surface area contributed by atoms with Crippen molar-refractivity contribution in [3.05, 3.63) is 37.3 Å². The van der Waals surface area contributed by atoms with E-state index in [1.54, 1.807) is 23.2 Å². The van der Waals surface area contributed by atoms with Gasteiger partial charge in [0, 0.05) is 0 Å². The van der Waals surface area contributed by atoms with Crippen molar-refractivity contribution in [1.82, 2.24) is 0 Å². The Morgan fingerprint density at radius 2 is 0.895 bits per heavy atom. The average Bonchev–Trinajstić information content (AvgIpc) is 2.55. The monoisotopic (exact) mass is 292 g/mol. The van der Waals surface area contributed by atoms with Gasteiger partial charge in [0.2, 0.25) is 0 Å². The molecular weight excluding hydrogens is 248 g/mol. The summed E-state index contributed by atoms with van der Waals surface area (Å²) in [6, 6.07) is 0. The fourth-order valence-corrected chi connectivity index (χ4v) is 0. The topological polar surface area (TPSA) is 0 Å². The summed E-state index contributed by atoms with van der Waals surface area (Å²) >= 11 is 1.62. The highest BCUT2D eigenvalue weighted by Crippen LogP contribution is 1.85. The second-order valence-corrected chi connectivity index (χ2v) is 2.31. The molecule has 0 aliphatic rings. The van der Waals surface area contributed by atoms with Crippen LogP contribution in [0.2, 0.25) is 0 Å². The molecule has 0 bridgehead atoms. The van der Waals surface area contributed by atoms with Crippen LogP contribution < -0.4 is 0 Å². The first-order valence-electron chi connectivity index (χ1n) is 7.56. The Kier molecular flexibility index (Phi) is 521. The summed E-state index contributed by atoms with van der Waals surface area (Å²) in [4.78, 5) is 0. The molecule has 0 unspecified atom stereocenters. The zero-order valence-corrected chi connectivity index (χ0v) is 16.8. The molecule has 19 heavy (non-hydrogen) atoms. The standard InChI is InChI=1S/C4H8.C3H6S.C3H6.4C2H6/c2*1-3-4-2;1-3-2;4*1-2/h3H,1,4H2,2H3;3H,1H2,2H3;3H,1H2,2H3;4*1-2H3. The summed E-state index contributed by atoms with van der Waals surface area (Å²) in [6.07, 6.45) is 6.69. The minimum absolute atomic E-state index is 1.08. The van der Waals surface area contributed by atoms with Gasteiger partial charge in [0.1, 0.15) is 0 Å². The third-order valence-corrected chi connectivity index (χ3v) is 0.789. The van der Waals surface area contributed by atoms with Crippen molar-refractivity contribution in [3.63, 3.8) is 0 Å². The van der Waals surface area contributed by atoms with Crippen LogP contribution in [-0.4, -0.2) is 6.26 Å². The summed E-state index contributed by atoms with van der Waals surface area (Å²) in [7, 11) is 0. The van der Waals surface area contributed by atoms with Crippen LogP contribution in [0.1, 0.15) is 75.7 Å². The highest BCUT2D eigenvalue weighted by atomic mass is 32.2. The lowest BCUT2D eigenvalue weighted by atomic mass is 10.5. The molecule has 0 aromatic heterocycles. The average molecular weight is 293 g/mol. The van der Waals surface area contributed by atoms with Crippen molar-refractivity contribution in [2.75, 3.05) is 6.26 Å². The molecule has 0 radical (unpaired) electrons. The zero-order valence-electron chi connectivity index (χ0n) is 16.0. The molecule has 0 saturated carbocycles. The van der Waals surface area contributed by atoms with E-state index < -0.39 is 0 Å². The minimum Gasteiger partial charge on any atom is -0.138 e. The second kappa shape index (κ2) is 231. The molecule has 1 heteroatoms. The minimum atomic E-state index is 1.08. The molecule has 0 aromatic carbocycles. The first-order chi connectivity index (χ1) is 9.24. The van der Waals surface area contributed by atoms with Crippen LogP contribution in [-0.2, 0) is 0 Å². The van der Waals surface area contributed by atoms with Crippen LogP contribution in [0, 0.1) is 0 Å². The third kappa shape index (κ3) is 1730. The molecule has 0 spiro atoms. The number of hydrogen-bond donors (Lipinski definition) is 0. The first kappa shape index (κ1) is 42.8. The Hall–Kier alpha value is -0.430. The maximum atomic E-state index is 3.48. The van der Waals surface area contributed by atoms with Crippen LogP contribution in [0.15, 0.2) is 37.3 Å². The smallest absolute Gasteiger partial charge is 0.0142 e. The van der Waals surface area contributed by atoms with Gasteiger partial charge in [-0.2, -0.15) is 0 Å². The van der Waals surface area contributed by atoms with Crippen molar-refractivity contribution in [2.45, 2.75) is 75.7 Å². The van der Waals surface area contributed by atoms with E-state index >= 15 is 0 Å². The molecule has 0 amide bonds. The molecule has 0 aromatic rings. The van der Waals surface area contributed by atoms with Gasteiger partial charge in [-0.15, -0.1) is 24.9 Å². The van der Waals surface area contributed by atoms with Crippen LogP contribution in [0.4, 0.5) is 0 Å². The molecule has 0 saturated heterocycles. The van der Waals surface area contributed by atoms with Gasteiger partial charge in [-0.25, -0.2) is 0 Å². The fraction of sp³-hybridized carbons (Fsp3) is 0.667. The van der Waals surface area contributed by atoms with Crippen LogP contribution in [0.25, 0.3) is 0 Å². The van der Waals surface area contributed by atoms with Gasteiger partial charge in [0.05, 0.1) is 0 Å². The maximum absolute atomic E-state index is 3.48. The van der Waals surface area contributed by atoms with E-state index in [4.69, 9.17) is 0 Å². The van der Waals surface area contributed by atoms with Crippen LogP contribution in [0.3, 0.4) is 0 Å². The lowest BCUT2D eigenvalue weighted by Gasteiger charge is -1.59. The molecule has 0 nitrogen and oxygen atoms in total. The van der Waals surface area contributed by atoms with E-state index in [-0.39, 0.29) is 0 Å². The van der Waals surface area contributed by atoms with Crippen molar-refractivity contribution in [2.24, 2.45) is 0 Å². The van der Waals surface area contributed by atoms with Crippen molar-refractivity contribution in [3.8, 4) is 0 Å². The number of rotatable bonds is 2. The third-order valence-electron chi connectivity index (χ3n) is 0.455. The summed E-state index contributed by atoms with van der Waals surface area (Å²) < 4.78 is 0. The normalized spacial score (nSPS) is 4.58. The number of hydrogen-bond acceptors (Lipinski definition) is 1. The van der Waals surface area contributed by atoms with Gasteiger partial charge in [-0.1, -0.05) is 81.0 Å². The molecule has 0 aliphatic carbocycles. The lowest BCUT2D eigenvalue weighted by Crippen LogP contribution is -1.36. The predicted octanol–water partition coefficient (Wildman–Crippen LogP) is 8.37. The lowest BCUT2D eigenvalue weighted by molar-refractivity contribution is 1.23. The molecular formula is C18H44S. The van der Waals surface area contributed by atoms with E-state index in [0.29, 0.717) is 0 Å². The molecule has 0 N–H and O–H groups in total. The van der Waals surface area contributed by atoms with Gasteiger partial charge in [-0.05, 0) is 25.0 Å². The highest BCUT2D eigenvalue weighted by molar-refractivity contribution is 8.01. The quantitative estimate of drug-likeness (QED) is 0.460. The summed E-state index contributed by atoms with van der Waals surface area (Å²) in [5, 5.41) is 1.79. The molecule has 0 heterocycles. The Bertz CT molecular complexity index is 67.8. The Balaban J connectivity index is -0.0000000182. The Morgan fingerprint density at radius 3 is 0.895 bits per heavy atom. The summed E-state index contributed by atoms with van der Waals surface area (Å²) in [6.45, 7) is 30.2. The summed E-state index contributed by atoms with van der Waals surface area (Å²) in [5.74, 6) is 0. The number of thioether (sulfide) groups is 1. The Labute approximate surface area is 131 Å². The van der Waals surface area contributed by atoms with Crippen molar-refractivity contribution >= 4 is 11.8 Å². The molecule has 0 fully saturated rings. The molecule has 0 aliphatic heterocycles. The first-order valence-corrected chi connectivity index (χ1v) is 8.85. The van der Waals surface area contributed by atoms with E-state index in [2.05, 4.69) is 26.7 Å². The van der Waals surface area contributed by atoms with Crippen molar-refractivity contribution < 1.29 is 0 Å². The molecule has 0 atom stereocenters. The number of allylic oxidation sites excluding steroid dienone is 2. The Morgan fingerprint density at radius 1 is 0.789 bits per heavy atom. The van der Waals surface area contributed by atoms with Crippen LogP contribution >= 0.6 is 11.8 Å². The van der Waals surface area contributed by atoms with Crippen LogP contribution in [0.5, 0.6) is 0 Å². The highest BCUT2D eigenvalue weighted by Gasteiger charge is 1.45. The fourth-order valence-electron chi connectivity index (χ4n) is 0. The molecule has 0 rings (SSSR count). The SMILES string of the molecule is C=CC.C=CCC.C=CSC.CC.CC.CC.CC. The van der Waals surface area contributed by atoms with Crippen molar-refractivity contribution in [1.29, 1.82) is 0 Å². The second-order valence-electron chi connectivity index (χ2n) is 1.51. The van der Waals surface area contributed by atoms with E-state index in [0.717, 1.165) is 6.42 Å². The van der Waals surface area contributed by atoms with Gasteiger partial charge in [0.15, 0.2) is 0 Å².